The van der Waals surface area contributed by atoms with Crippen molar-refractivity contribution in [3.05, 3.63) is 12.2 Å². The Bertz CT molecular complexity index is 1190. The lowest BCUT2D eigenvalue weighted by atomic mass is 9.99. The predicted octanol–water partition coefficient (Wildman–Crippen LogP) is 13.6. The lowest BCUT2D eigenvalue weighted by Gasteiger charge is -2.41. The number of aliphatic hydroxyl groups excluding tert-OH is 5. The van der Waals surface area contributed by atoms with Gasteiger partial charge in [-0.3, -0.25) is 9.59 Å². The van der Waals surface area contributed by atoms with E-state index in [2.05, 4.69) is 26.1 Å². The Labute approximate surface area is 429 Å². The first-order chi connectivity index (χ1) is 34.2. The quantitative estimate of drug-likeness (QED) is 0.0195. The summed E-state index contributed by atoms with van der Waals surface area (Å²) in [6, 6.07) is -1.01. The third-order valence-electron chi connectivity index (χ3n) is 14.4. The number of esters is 1. The van der Waals surface area contributed by atoms with Gasteiger partial charge in [0.1, 0.15) is 24.4 Å². The van der Waals surface area contributed by atoms with Crippen LogP contribution in [0.25, 0.3) is 0 Å². The number of ether oxygens (including phenoxy) is 3. The van der Waals surface area contributed by atoms with Crippen LogP contribution >= 0.6 is 0 Å². The fourth-order valence-electron chi connectivity index (χ4n) is 9.65. The SMILES string of the molecule is CCCCCCCCCCC/C=C/C(O)C(COC1OC(CO)C(O)C(O)C1OC(=O)CCCCCCCCCCCCCCCCCCC)NC(=O)C(O)CCCCCCCCCCCCCCC. The summed E-state index contributed by atoms with van der Waals surface area (Å²) in [5.41, 5.74) is 0. The van der Waals surface area contributed by atoms with E-state index in [0.717, 1.165) is 57.8 Å². The summed E-state index contributed by atoms with van der Waals surface area (Å²) in [7, 11) is 0. The van der Waals surface area contributed by atoms with E-state index in [1.54, 1.807) is 6.08 Å². The Morgan fingerprint density at radius 1 is 0.543 bits per heavy atom. The molecule has 0 spiro atoms. The van der Waals surface area contributed by atoms with Crippen molar-refractivity contribution in [2.45, 2.75) is 339 Å². The van der Waals surface area contributed by atoms with Crippen molar-refractivity contribution >= 4 is 11.9 Å². The standard InChI is InChI=1S/C59H113NO10/c1-4-7-10-13-16-19-22-24-25-26-27-29-32-35-38-41-44-47-54(64)70-57-56(66)55(65)53(48-61)69-59(57)68-49-50(51(62)45-42-39-36-33-30-21-18-15-12-9-6-3)60-58(67)52(63)46-43-40-37-34-31-28-23-20-17-14-11-8-5-2/h42,45,50-53,55-57,59,61-63,65-66H,4-41,43-44,46-49H2,1-3H3,(H,60,67)/b45-42+. The maximum Gasteiger partial charge on any atom is 0.306 e. The molecule has 70 heavy (non-hydrogen) atoms. The Kier molecular flexibility index (Phi) is 45.9. The first-order valence-corrected chi connectivity index (χ1v) is 30.0. The number of unbranched alkanes of at least 4 members (excludes halogenated alkanes) is 37. The molecule has 414 valence electrons. The Morgan fingerprint density at radius 2 is 0.929 bits per heavy atom. The van der Waals surface area contributed by atoms with Gasteiger partial charge in [0, 0.05) is 6.42 Å². The molecule has 8 unspecified atom stereocenters. The highest BCUT2D eigenvalue weighted by Crippen LogP contribution is 2.26. The van der Waals surface area contributed by atoms with Crippen molar-refractivity contribution in [3.63, 3.8) is 0 Å². The molecule has 0 aromatic carbocycles. The number of hydrogen-bond donors (Lipinski definition) is 6. The minimum Gasteiger partial charge on any atom is -0.454 e. The number of allylic oxidation sites excluding steroid dienone is 1. The van der Waals surface area contributed by atoms with Crippen LogP contribution in [-0.4, -0.2) is 99.6 Å². The molecule has 1 aliphatic heterocycles. The van der Waals surface area contributed by atoms with Gasteiger partial charge < -0.3 is 45.1 Å². The average Bonchev–Trinajstić information content (AvgIpc) is 3.36. The molecule has 11 heteroatoms. The van der Waals surface area contributed by atoms with Gasteiger partial charge >= 0.3 is 5.97 Å². The summed E-state index contributed by atoms with van der Waals surface area (Å²) in [4.78, 5) is 26.5. The lowest BCUT2D eigenvalue weighted by molar-refractivity contribution is -0.305. The third-order valence-corrected chi connectivity index (χ3v) is 14.4. The second-order valence-corrected chi connectivity index (χ2v) is 21.1. The Balaban J connectivity index is 2.67. The first kappa shape index (κ1) is 66.4. The van der Waals surface area contributed by atoms with Crippen LogP contribution in [0, 0.1) is 0 Å². The number of aliphatic hydroxyl groups is 5. The minimum absolute atomic E-state index is 0.131. The van der Waals surface area contributed by atoms with Crippen LogP contribution in [0.15, 0.2) is 12.2 Å². The van der Waals surface area contributed by atoms with Crippen LogP contribution in [0.1, 0.15) is 290 Å². The normalized spacial score (nSPS) is 19.7. The number of carbonyl (C=O) groups is 2. The molecule has 1 heterocycles. The lowest BCUT2D eigenvalue weighted by Crippen LogP contribution is -2.61. The van der Waals surface area contributed by atoms with Crippen molar-refractivity contribution in [2.75, 3.05) is 13.2 Å². The van der Waals surface area contributed by atoms with Gasteiger partial charge in [0.25, 0.3) is 0 Å². The van der Waals surface area contributed by atoms with Gasteiger partial charge in [0.2, 0.25) is 5.91 Å². The molecule has 0 aliphatic carbocycles. The molecule has 8 atom stereocenters. The molecule has 1 amide bonds. The highest BCUT2D eigenvalue weighted by molar-refractivity contribution is 5.80. The van der Waals surface area contributed by atoms with Gasteiger partial charge in [-0.05, 0) is 25.7 Å². The molecule has 0 bridgehead atoms. The summed E-state index contributed by atoms with van der Waals surface area (Å²) in [6.07, 6.45) is 42.5. The van der Waals surface area contributed by atoms with E-state index in [9.17, 15) is 35.1 Å². The van der Waals surface area contributed by atoms with Crippen LogP contribution in [0.4, 0.5) is 0 Å². The molecule has 1 rings (SSSR count). The second-order valence-electron chi connectivity index (χ2n) is 21.1. The number of carbonyl (C=O) groups excluding carboxylic acids is 2. The molecular formula is C59H113NO10. The maximum atomic E-state index is 13.4. The number of hydrogen-bond acceptors (Lipinski definition) is 10. The number of nitrogens with one attached hydrogen (secondary N) is 1. The van der Waals surface area contributed by atoms with Gasteiger partial charge in [-0.15, -0.1) is 0 Å². The van der Waals surface area contributed by atoms with Crippen LogP contribution < -0.4 is 5.32 Å². The van der Waals surface area contributed by atoms with E-state index in [0.29, 0.717) is 19.3 Å². The largest absolute Gasteiger partial charge is 0.454 e. The van der Waals surface area contributed by atoms with Gasteiger partial charge in [-0.1, -0.05) is 270 Å². The molecular weight excluding hydrogens is 883 g/mol. The molecule has 11 nitrogen and oxygen atoms in total. The van der Waals surface area contributed by atoms with Crippen molar-refractivity contribution in [1.82, 2.24) is 5.32 Å². The fraction of sp³-hybridized carbons (Fsp3) is 0.932. The fourth-order valence-corrected chi connectivity index (χ4v) is 9.65. The minimum atomic E-state index is -1.60. The summed E-state index contributed by atoms with van der Waals surface area (Å²) < 4.78 is 17.6. The zero-order valence-corrected chi connectivity index (χ0v) is 45.7. The zero-order chi connectivity index (χ0) is 51.1. The van der Waals surface area contributed by atoms with E-state index in [1.165, 1.54) is 186 Å². The van der Waals surface area contributed by atoms with Gasteiger partial charge in [-0.2, -0.15) is 0 Å². The smallest absolute Gasteiger partial charge is 0.306 e. The Hall–Kier alpha value is -1.60. The highest BCUT2D eigenvalue weighted by atomic mass is 16.7. The van der Waals surface area contributed by atoms with Gasteiger partial charge in [0.05, 0.1) is 25.4 Å². The van der Waals surface area contributed by atoms with Crippen LogP contribution in [-0.2, 0) is 23.8 Å². The predicted molar refractivity (Wildman–Crippen MR) is 288 cm³/mol. The maximum absolute atomic E-state index is 13.4. The van der Waals surface area contributed by atoms with Crippen molar-refractivity contribution in [3.8, 4) is 0 Å². The topological polar surface area (TPSA) is 175 Å². The zero-order valence-electron chi connectivity index (χ0n) is 45.7. The van der Waals surface area contributed by atoms with Gasteiger partial charge in [-0.25, -0.2) is 0 Å². The summed E-state index contributed by atoms with van der Waals surface area (Å²) in [5, 5.41) is 56.8. The first-order valence-electron chi connectivity index (χ1n) is 30.0. The summed E-state index contributed by atoms with van der Waals surface area (Å²) in [6.45, 7) is 5.80. The molecule has 1 saturated heterocycles. The van der Waals surface area contributed by atoms with Crippen molar-refractivity contribution in [1.29, 1.82) is 0 Å². The molecule has 6 N–H and O–H groups in total. The molecule has 0 aromatic rings. The van der Waals surface area contributed by atoms with Crippen LogP contribution in [0.3, 0.4) is 0 Å². The summed E-state index contributed by atoms with van der Waals surface area (Å²) in [5.74, 6) is -1.18. The molecule has 0 radical (unpaired) electrons. The molecule has 0 saturated carbocycles. The van der Waals surface area contributed by atoms with E-state index in [-0.39, 0.29) is 13.0 Å². The summed E-state index contributed by atoms with van der Waals surface area (Å²) >= 11 is 0. The van der Waals surface area contributed by atoms with Crippen molar-refractivity contribution < 1.29 is 49.3 Å². The third kappa shape index (κ3) is 36.3. The second kappa shape index (κ2) is 48.3. The van der Waals surface area contributed by atoms with E-state index < -0.39 is 67.4 Å². The average molecular weight is 997 g/mol. The molecule has 1 fully saturated rings. The van der Waals surface area contributed by atoms with Crippen LogP contribution in [0.5, 0.6) is 0 Å². The monoisotopic (exact) mass is 996 g/mol. The number of amides is 1. The van der Waals surface area contributed by atoms with Crippen LogP contribution in [0.2, 0.25) is 0 Å². The van der Waals surface area contributed by atoms with Crippen molar-refractivity contribution in [2.24, 2.45) is 0 Å². The molecule has 0 aromatic heterocycles. The van der Waals surface area contributed by atoms with E-state index >= 15 is 0 Å². The molecule has 1 aliphatic rings. The van der Waals surface area contributed by atoms with E-state index in [1.807, 2.05) is 6.08 Å². The van der Waals surface area contributed by atoms with Gasteiger partial charge in [0.15, 0.2) is 12.4 Å². The van der Waals surface area contributed by atoms with E-state index in [4.69, 9.17) is 14.2 Å². The number of rotatable bonds is 51. The Morgan fingerprint density at radius 3 is 1.34 bits per heavy atom. The highest BCUT2D eigenvalue weighted by Gasteiger charge is 2.47.